The molecule has 3 rings (SSSR count). The molecule has 1 aliphatic carbocycles. The first-order valence-corrected chi connectivity index (χ1v) is 6.66. The predicted octanol–water partition coefficient (Wildman–Crippen LogP) is -1.77. The van der Waals surface area contributed by atoms with Crippen molar-refractivity contribution in [3.63, 3.8) is 0 Å². The van der Waals surface area contributed by atoms with E-state index in [4.69, 9.17) is 0 Å². The van der Waals surface area contributed by atoms with Crippen molar-refractivity contribution in [2.24, 2.45) is 0 Å². The van der Waals surface area contributed by atoms with Gasteiger partial charge in [-0.3, -0.25) is 6.08 Å². The zero-order valence-corrected chi connectivity index (χ0v) is 13.9. The van der Waals surface area contributed by atoms with E-state index in [1.54, 1.807) is 20.0 Å². The summed E-state index contributed by atoms with van der Waals surface area (Å²) in [6.07, 6.45) is 8.24. The molecule has 0 aliphatic heterocycles. The van der Waals surface area contributed by atoms with E-state index < -0.39 is 0 Å². The minimum absolute atomic E-state index is 0. The molecule has 0 spiro atoms. The molecule has 0 unspecified atom stereocenters. The fraction of sp³-hybridized carbons (Fsp3) is 0.125. The van der Waals surface area contributed by atoms with Crippen LogP contribution < -0.4 is 24.8 Å². The van der Waals surface area contributed by atoms with Gasteiger partial charge < -0.3 is 24.8 Å². The topological polar surface area (TPSA) is 0 Å². The number of hydrogen-bond acceptors (Lipinski definition) is 0. The molecular formula is C16H16Cl2Ti-2. The van der Waals surface area contributed by atoms with E-state index >= 15 is 0 Å². The molecule has 0 saturated carbocycles. The van der Waals surface area contributed by atoms with E-state index in [-0.39, 0.29) is 24.8 Å². The Morgan fingerprint density at radius 3 is 2.32 bits per heavy atom. The summed E-state index contributed by atoms with van der Waals surface area (Å²) >= 11 is 1.75. The van der Waals surface area contributed by atoms with Crippen LogP contribution in [0.2, 0.25) is 0 Å². The molecule has 2 aromatic rings. The van der Waals surface area contributed by atoms with Crippen molar-refractivity contribution in [2.75, 3.05) is 0 Å². The van der Waals surface area contributed by atoms with E-state index in [0.717, 1.165) is 6.42 Å². The summed E-state index contributed by atoms with van der Waals surface area (Å²) < 4.78 is 0. The Bertz CT molecular complexity index is 479. The molecule has 19 heavy (non-hydrogen) atoms. The van der Waals surface area contributed by atoms with Gasteiger partial charge in [0.25, 0.3) is 0 Å². The largest absolute Gasteiger partial charge is 1.00 e. The van der Waals surface area contributed by atoms with E-state index in [1.165, 1.54) is 16.3 Å². The summed E-state index contributed by atoms with van der Waals surface area (Å²) in [7, 11) is 0. The molecule has 0 nitrogen and oxygen atoms in total. The quantitative estimate of drug-likeness (QED) is 0.397. The van der Waals surface area contributed by atoms with Gasteiger partial charge in [0.05, 0.1) is 0 Å². The Hall–Kier alpha value is -0.526. The molecule has 0 amide bonds. The summed E-state index contributed by atoms with van der Waals surface area (Å²) in [5, 5.41) is 2.66. The monoisotopic (exact) mass is 326 g/mol. The van der Waals surface area contributed by atoms with Crippen molar-refractivity contribution in [2.45, 2.75) is 13.3 Å². The number of rotatable bonds is 0. The third-order valence-corrected chi connectivity index (χ3v) is 2.42. The summed E-state index contributed by atoms with van der Waals surface area (Å²) in [5.41, 5.74) is 1.34. The van der Waals surface area contributed by atoms with E-state index in [2.05, 4.69) is 66.4 Å². The molecular weight excluding hydrogens is 311 g/mol. The van der Waals surface area contributed by atoms with Crippen LogP contribution in [0.3, 0.4) is 0 Å². The summed E-state index contributed by atoms with van der Waals surface area (Å²) in [5.74, 6) is 0. The molecule has 0 aromatic heterocycles. The fourth-order valence-corrected chi connectivity index (χ4v) is 1.57. The average molecular weight is 327 g/mol. The number of hydrogen-bond donors (Lipinski definition) is 0. The van der Waals surface area contributed by atoms with Gasteiger partial charge in [0.1, 0.15) is 0 Å². The first-order chi connectivity index (χ1) is 8.36. The van der Waals surface area contributed by atoms with Crippen LogP contribution in [0.1, 0.15) is 13.3 Å². The van der Waals surface area contributed by atoms with E-state index in [1.807, 2.05) is 6.08 Å². The van der Waals surface area contributed by atoms with Crippen molar-refractivity contribution >= 4 is 15.6 Å². The van der Waals surface area contributed by atoms with Gasteiger partial charge in [-0.1, -0.05) is 6.07 Å². The van der Waals surface area contributed by atoms with Crippen molar-refractivity contribution in [3.8, 4) is 0 Å². The van der Waals surface area contributed by atoms with Gasteiger partial charge in [-0.05, 0) is 0 Å². The maximum atomic E-state index is 3.25. The zero-order valence-electron chi connectivity index (χ0n) is 10.9. The molecule has 3 heteroatoms. The molecule has 0 heterocycles. The Kier molecular flexibility index (Phi) is 13.7. The maximum absolute atomic E-state index is 3.25. The Labute approximate surface area is 139 Å². The second-order valence-corrected chi connectivity index (χ2v) is 3.66. The molecule has 0 atom stereocenters. The van der Waals surface area contributed by atoms with Crippen LogP contribution in [-0.4, -0.2) is 4.82 Å². The van der Waals surface area contributed by atoms with E-state index in [9.17, 15) is 0 Å². The molecule has 0 fully saturated rings. The van der Waals surface area contributed by atoms with Crippen molar-refractivity contribution in [1.29, 1.82) is 0 Å². The predicted molar refractivity (Wildman–Crippen MR) is 72.8 cm³/mol. The fourth-order valence-electron chi connectivity index (χ4n) is 1.57. The van der Waals surface area contributed by atoms with Crippen LogP contribution in [-0.2, 0) is 20.0 Å². The Morgan fingerprint density at radius 2 is 1.84 bits per heavy atom. The molecule has 0 radical (unpaired) electrons. The van der Waals surface area contributed by atoms with Gasteiger partial charge in [-0.2, -0.15) is 23.6 Å². The SMILES string of the molecule is CC1=CC[C-]=C1.[CH2]=[Ti+2].[Cl-].[Cl-].c1ccc2[cH-]ccc2c1. The van der Waals surface area contributed by atoms with Gasteiger partial charge in [-0.15, -0.1) is 43.0 Å². The van der Waals surface area contributed by atoms with E-state index in [0.29, 0.717) is 0 Å². The molecule has 0 bridgehead atoms. The van der Waals surface area contributed by atoms with Gasteiger partial charge in [0, 0.05) is 0 Å². The second-order valence-electron chi connectivity index (χ2n) is 3.66. The zero-order chi connectivity index (χ0) is 12.5. The van der Waals surface area contributed by atoms with Gasteiger partial charge >= 0.3 is 24.8 Å². The Morgan fingerprint density at radius 1 is 1.16 bits per heavy atom. The maximum Gasteiger partial charge on any atom is -0.0809 e. The van der Waals surface area contributed by atoms with Crippen LogP contribution in [0.15, 0.2) is 60.2 Å². The van der Waals surface area contributed by atoms with Gasteiger partial charge in [-0.25, -0.2) is 11.6 Å². The van der Waals surface area contributed by atoms with Crippen LogP contribution in [0.25, 0.3) is 10.8 Å². The van der Waals surface area contributed by atoms with Crippen LogP contribution in [0.5, 0.6) is 0 Å². The number of benzene rings is 1. The van der Waals surface area contributed by atoms with Crippen molar-refractivity contribution < 1.29 is 44.8 Å². The van der Waals surface area contributed by atoms with Gasteiger partial charge in [0.2, 0.25) is 0 Å². The molecule has 0 saturated heterocycles. The smallest absolute Gasteiger partial charge is 0.0809 e. The minimum atomic E-state index is 0. The molecule has 100 valence electrons. The first-order valence-electron chi connectivity index (χ1n) is 5.55. The molecule has 0 N–H and O–H groups in total. The Balaban J connectivity index is 0. The number of halogens is 2. The summed E-state index contributed by atoms with van der Waals surface area (Å²) in [6, 6.07) is 14.7. The summed E-state index contributed by atoms with van der Waals surface area (Å²) in [6.45, 7) is 2.08. The van der Waals surface area contributed by atoms with Gasteiger partial charge in [0.15, 0.2) is 0 Å². The minimum Gasteiger partial charge on any atom is -1.00 e. The van der Waals surface area contributed by atoms with Crippen molar-refractivity contribution in [1.82, 2.24) is 0 Å². The van der Waals surface area contributed by atoms with Crippen LogP contribution >= 0.6 is 0 Å². The second kappa shape index (κ2) is 12.5. The average Bonchev–Trinajstić information content (AvgIpc) is 3.02. The third kappa shape index (κ3) is 7.59. The first kappa shape index (κ1) is 20.8. The van der Waals surface area contributed by atoms with Crippen molar-refractivity contribution in [3.05, 3.63) is 66.3 Å². The van der Waals surface area contributed by atoms with Crippen LogP contribution in [0.4, 0.5) is 0 Å². The number of allylic oxidation sites excluding steroid dienone is 4. The molecule has 1 aliphatic rings. The summed E-state index contributed by atoms with van der Waals surface area (Å²) in [4.78, 5) is 3.25. The van der Waals surface area contributed by atoms with Crippen LogP contribution in [0, 0.1) is 6.08 Å². The third-order valence-electron chi connectivity index (χ3n) is 2.42. The normalized spacial score (nSPS) is 11.0. The molecule has 2 aromatic carbocycles. The number of fused-ring (bicyclic) bond motifs is 1. The standard InChI is InChI=1S/C9H7.C6H7.CH2.2ClH.Ti/c1-2-5-9-7-3-6-8(9)4-1;1-6-4-2-3-5-6;;;;/h1-7H;4-5H,2H2,1H3;1H2;2*1H;/q2*-1;;;;+2/p-2.